The van der Waals surface area contributed by atoms with Crippen LogP contribution in [-0.2, 0) is 9.59 Å². The number of carbonyl (C=O) groups excluding carboxylic acids is 1. The first-order valence-electron chi connectivity index (χ1n) is 7.41. The summed E-state index contributed by atoms with van der Waals surface area (Å²) in [6.45, 7) is 2.18. The van der Waals surface area contributed by atoms with Gasteiger partial charge in [-0.3, -0.25) is 9.59 Å². The number of nitrogens with zero attached hydrogens (tertiary/aromatic N) is 1. The predicted octanol–water partition coefficient (Wildman–Crippen LogP) is 1.23. The number of hydrogen-bond acceptors (Lipinski definition) is 3. The van der Waals surface area contributed by atoms with Crippen LogP contribution < -0.4 is 5.32 Å². The van der Waals surface area contributed by atoms with E-state index < -0.39 is 5.97 Å². The monoisotopic (exact) mass is 268 g/mol. The van der Waals surface area contributed by atoms with Gasteiger partial charge in [0, 0.05) is 25.6 Å². The third-order valence-corrected chi connectivity index (χ3v) is 4.24. The summed E-state index contributed by atoms with van der Waals surface area (Å²) in [5, 5.41) is 12.5. The SMILES string of the molecule is O=C(O)C1CCCN(C(=O)CCC2CCCCN2)C1. The maximum absolute atomic E-state index is 12.1. The molecule has 2 N–H and O–H groups in total. The summed E-state index contributed by atoms with van der Waals surface area (Å²) in [6.07, 6.45) is 6.57. The maximum atomic E-state index is 12.1. The van der Waals surface area contributed by atoms with E-state index in [0.29, 0.717) is 25.4 Å². The summed E-state index contributed by atoms with van der Waals surface area (Å²) < 4.78 is 0. The minimum atomic E-state index is -0.772. The van der Waals surface area contributed by atoms with E-state index in [1.807, 2.05) is 0 Å². The first kappa shape index (κ1) is 14.3. The van der Waals surface area contributed by atoms with Crippen molar-refractivity contribution in [3.8, 4) is 0 Å². The van der Waals surface area contributed by atoms with Gasteiger partial charge in [-0.15, -0.1) is 0 Å². The molecule has 0 spiro atoms. The van der Waals surface area contributed by atoms with Crippen molar-refractivity contribution in [1.29, 1.82) is 0 Å². The molecule has 2 fully saturated rings. The van der Waals surface area contributed by atoms with Crippen LogP contribution in [0.1, 0.15) is 44.9 Å². The number of carboxylic acid groups (broad SMARTS) is 1. The van der Waals surface area contributed by atoms with Gasteiger partial charge in [-0.1, -0.05) is 6.42 Å². The Hall–Kier alpha value is -1.10. The number of carboxylic acids is 1. The molecule has 0 aromatic rings. The number of nitrogens with one attached hydrogen (secondary N) is 1. The first-order valence-corrected chi connectivity index (χ1v) is 7.41. The fourth-order valence-corrected chi connectivity index (χ4v) is 3.03. The maximum Gasteiger partial charge on any atom is 0.308 e. The largest absolute Gasteiger partial charge is 0.481 e. The van der Waals surface area contributed by atoms with Crippen molar-refractivity contribution in [3.63, 3.8) is 0 Å². The fraction of sp³-hybridized carbons (Fsp3) is 0.857. The molecular weight excluding hydrogens is 244 g/mol. The molecule has 1 amide bonds. The number of amides is 1. The molecule has 0 aliphatic carbocycles. The lowest BCUT2D eigenvalue weighted by atomic mass is 9.97. The summed E-state index contributed by atoms with van der Waals surface area (Å²) in [7, 11) is 0. The number of carbonyl (C=O) groups is 2. The number of likely N-dealkylation sites (tertiary alicyclic amines) is 1. The van der Waals surface area contributed by atoms with Crippen molar-refractivity contribution in [3.05, 3.63) is 0 Å². The summed E-state index contributed by atoms with van der Waals surface area (Å²) in [6, 6.07) is 0.470. The lowest BCUT2D eigenvalue weighted by molar-refractivity contribution is -0.145. The highest BCUT2D eigenvalue weighted by Gasteiger charge is 2.28. The van der Waals surface area contributed by atoms with E-state index in [9.17, 15) is 9.59 Å². The summed E-state index contributed by atoms with van der Waals surface area (Å²) >= 11 is 0. The molecule has 2 aliphatic heterocycles. The van der Waals surface area contributed by atoms with Crippen LogP contribution in [0.2, 0.25) is 0 Å². The van der Waals surface area contributed by atoms with Crippen LogP contribution >= 0.6 is 0 Å². The highest BCUT2D eigenvalue weighted by atomic mass is 16.4. The number of hydrogen-bond donors (Lipinski definition) is 2. The van der Waals surface area contributed by atoms with Gasteiger partial charge in [0.2, 0.25) is 5.91 Å². The molecule has 5 nitrogen and oxygen atoms in total. The average molecular weight is 268 g/mol. The lowest BCUT2D eigenvalue weighted by Crippen LogP contribution is -2.43. The Morgan fingerprint density at radius 3 is 2.74 bits per heavy atom. The molecule has 5 heteroatoms. The minimum absolute atomic E-state index is 0.123. The number of rotatable bonds is 4. The number of piperidine rings is 2. The zero-order valence-corrected chi connectivity index (χ0v) is 11.4. The molecule has 0 aromatic carbocycles. The Labute approximate surface area is 114 Å². The van der Waals surface area contributed by atoms with Gasteiger partial charge in [0.1, 0.15) is 0 Å². The van der Waals surface area contributed by atoms with Gasteiger partial charge in [-0.25, -0.2) is 0 Å². The van der Waals surface area contributed by atoms with Crippen molar-refractivity contribution >= 4 is 11.9 Å². The summed E-state index contributed by atoms with van der Waals surface area (Å²) in [4.78, 5) is 24.8. The van der Waals surface area contributed by atoms with Gasteiger partial charge in [-0.05, 0) is 38.6 Å². The lowest BCUT2D eigenvalue weighted by Gasteiger charge is -2.31. The van der Waals surface area contributed by atoms with Gasteiger partial charge in [-0.2, -0.15) is 0 Å². The molecule has 0 aromatic heterocycles. The van der Waals surface area contributed by atoms with Crippen LogP contribution in [0, 0.1) is 5.92 Å². The molecule has 0 bridgehead atoms. The Bertz CT molecular complexity index is 327. The second kappa shape index (κ2) is 6.89. The summed E-state index contributed by atoms with van der Waals surface area (Å²) in [5.74, 6) is -1.02. The highest BCUT2D eigenvalue weighted by molar-refractivity contribution is 5.78. The van der Waals surface area contributed by atoms with E-state index in [4.69, 9.17) is 5.11 Å². The smallest absolute Gasteiger partial charge is 0.308 e. The zero-order valence-electron chi connectivity index (χ0n) is 11.4. The van der Waals surface area contributed by atoms with E-state index in [0.717, 1.165) is 32.4 Å². The molecule has 108 valence electrons. The average Bonchev–Trinajstić information content (AvgIpc) is 2.46. The molecule has 2 atom stereocenters. The van der Waals surface area contributed by atoms with E-state index >= 15 is 0 Å². The molecule has 19 heavy (non-hydrogen) atoms. The Kier molecular flexibility index (Phi) is 5.19. The highest BCUT2D eigenvalue weighted by Crippen LogP contribution is 2.19. The van der Waals surface area contributed by atoms with Gasteiger partial charge < -0.3 is 15.3 Å². The molecule has 0 saturated carbocycles. The van der Waals surface area contributed by atoms with Crippen molar-refractivity contribution < 1.29 is 14.7 Å². The second-order valence-electron chi connectivity index (χ2n) is 5.70. The Balaban J connectivity index is 1.74. The second-order valence-corrected chi connectivity index (χ2v) is 5.70. The summed E-state index contributed by atoms with van der Waals surface area (Å²) in [5.41, 5.74) is 0. The van der Waals surface area contributed by atoms with E-state index in [2.05, 4.69) is 5.32 Å². The van der Waals surface area contributed by atoms with Gasteiger partial charge in [0.05, 0.1) is 5.92 Å². The Morgan fingerprint density at radius 2 is 2.05 bits per heavy atom. The first-order chi connectivity index (χ1) is 9.16. The third kappa shape index (κ3) is 4.20. The topological polar surface area (TPSA) is 69.6 Å². The van der Waals surface area contributed by atoms with Crippen molar-refractivity contribution in [1.82, 2.24) is 10.2 Å². The number of aliphatic carboxylic acids is 1. The normalized spacial score (nSPS) is 28.1. The van der Waals surface area contributed by atoms with Gasteiger partial charge >= 0.3 is 5.97 Å². The molecular formula is C14H24N2O3. The fourth-order valence-electron chi connectivity index (χ4n) is 3.03. The molecule has 0 radical (unpaired) electrons. The van der Waals surface area contributed by atoms with Crippen molar-refractivity contribution in [2.75, 3.05) is 19.6 Å². The van der Waals surface area contributed by atoms with Gasteiger partial charge in [0.25, 0.3) is 0 Å². The zero-order chi connectivity index (χ0) is 13.7. The molecule has 2 aliphatic rings. The molecule has 2 saturated heterocycles. The van der Waals surface area contributed by atoms with Crippen molar-refractivity contribution in [2.45, 2.75) is 51.0 Å². The molecule has 2 rings (SSSR count). The van der Waals surface area contributed by atoms with Crippen molar-refractivity contribution in [2.24, 2.45) is 5.92 Å². The van der Waals surface area contributed by atoms with Crippen LogP contribution in [0.3, 0.4) is 0 Å². The van der Waals surface area contributed by atoms with Gasteiger partial charge in [0.15, 0.2) is 0 Å². The standard InChI is InChI=1S/C14H24N2O3/c17-13(7-6-12-5-1-2-8-15-12)16-9-3-4-11(10-16)14(18)19/h11-12,15H,1-10H2,(H,18,19). The van der Waals surface area contributed by atoms with Crippen LogP contribution in [0.15, 0.2) is 0 Å². The van der Waals surface area contributed by atoms with Crippen LogP contribution in [0.4, 0.5) is 0 Å². The predicted molar refractivity (Wildman–Crippen MR) is 71.8 cm³/mol. The Morgan fingerprint density at radius 1 is 1.21 bits per heavy atom. The minimum Gasteiger partial charge on any atom is -0.481 e. The van der Waals surface area contributed by atoms with Crippen LogP contribution in [0.5, 0.6) is 0 Å². The van der Waals surface area contributed by atoms with E-state index in [-0.39, 0.29) is 11.8 Å². The van der Waals surface area contributed by atoms with Crippen LogP contribution in [0.25, 0.3) is 0 Å². The van der Waals surface area contributed by atoms with E-state index in [1.165, 1.54) is 12.8 Å². The molecule has 2 heterocycles. The van der Waals surface area contributed by atoms with E-state index in [1.54, 1.807) is 4.90 Å². The molecule has 2 unspecified atom stereocenters. The quantitative estimate of drug-likeness (QED) is 0.804. The van der Waals surface area contributed by atoms with Crippen LogP contribution in [-0.4, -0.2) is 47.6 Å². The third-order valence-electron chi connectivity index (χ3n) is 4.24.